The molecule has 0 aliphatic carbocycles. The van der Waals surface area contributed by atoms with Crippen molar-refractivity contribution in [2.24, 2.45) is 0 Å². The van der Waals surface area contributed by atoms with E-state index in [-0.39, 0.29) is 12.5 Å². The first-order chi connectivity index (χ1) is 10.1. The number of H-pyrrole nitrogens is 1. The molecule has 7 nitrogen and oxygen atoms in total. The third-order valence-corrected chi connectivity index (χ3v) is 3.28. The van der Waals surface area contributed by atoms with Crippen molar-refractivity contribution in [2.75, 3.05) is 7.05 Å². The van der Waals surface area contributed by atoms with Crippen LogP contribution in [0.4, 0.5) is 0 Å². The van der Waals surface area contributed by atoms with Crippen LogP contribution in [0.5, 0.6) is 0 Å². The Balaban J connectivity index is 1.70. The van der Waals surface area contributed by atoms with E-state index in [1.54, 1.807) is 18.3 Å². The van der Waals surface area contributed by atoms with Crippen molar-refractivity contribution in [1.82, 2.24) is 29.6 Å². The Morgan fingerprint density at radius 2 is 2.19 bits per heavy atom. The number of rotatable bonds is 4. The smallest absolute Gasteiger partial charge is 0.242 e. The second-order valence-corrected chi connectivity index (χ2v) is 4.95. The maximum Gasteiger partial charge on any atom is 0.242 e. The van der Waals surface area contributed by atoms with Crippen molar-refractivity contribution in [2.45, 2.75) is 20.0 Å². The molecule has 3 aromatic rings. The van der Waals surface area contributed by atoms with E-state index < -0.39 is 0 Å². The summed E-state index contributed by atoms with van der Waals surface area (Å²) in [6, 6.07) is 7.75. The van der Waals surface area contributed by atoms with Crippen molar-refractivity contribution in [3.8, 4) is 0 Å². The predicted octanol–water partition coefficient (Wildman–Crippen LogP) is 1.12. The van der Waals surface area contributed by atoms with Crippen LogP contribution in [-0.4, -0.2) is 42.6 Å². The largest absolute Gasteiger partial charge is 0.337 e. The van der Waals surface area contributed by atoms with Gasteiger partial charge in [0.05, 0.1) is 23.9 Å². The molecule has 0 unspecified atom stereocenters. The van der Waals surface area contributed by atoms with Crippen LogP contribution in [0.25, 0.3) is 11.0 Å². The zero-order valence-corrected chi connectivity index (χ0v) is 11.9. The number of aryl methyl sites for hydroxylation is 1. The molecule has 0 saturated carbocycles. The molecule has 3 rings (SSSR count). The quantitative estimate of drug-likeness (QED) is 0.778. The maximum absolute atomic E-state index is 12.3. The molecule has 2 heterocycles. The molecule has 0 aliphatic heterocycles. The molecule has 108 valence electrons. The van der Waals surface area contributed by atoms with Gasteiger partial charge in [-0.2, -0.15) is 5.10 Å². The van der Waals surface area contributed by atoms with Crippen LogP contribution in [0.3, 0.4) is 0 Å². The Labute approximate surface area is 121 Å². The number of fused-ring (bicyclic) bond motifs is 1. The van der Waals surface area contributed by atoms with Gasteiger partial charge in [0.25, 0.3) is 0 Å². The lowest BCUT2D eigenvalue weighted by atomic mass is 10.3. The van der Waals surface area contributed by atoms with Crippen LogP contribution in [0.15, 0.2) is 30.6 Å². The van der Waals surface area contributed by atoms with Crippen LogP contribution in [0.1, 0.15) is 11.6 Å². The topological polar surface area (TPSA) is 79.7 Å². The summed E-state index contributed by atoms with van der Waals surface area (Å²) in [7, 11) is 1.74. The lowest BCUT2D eigenvalue weighted by Gasteiger charge is -2.15. The van der Waals surface area contributed by atoms with Crippen LogP contribution in [0, 0.1) is 6.92 Å². The SMILES string of the molecule is Cc1nc(CN(C)C(=O)Cn2cnc3ccccc32)n[nH]1. The minimum Gasteiger partial charge on any atom is -0.337 e. The summed E-state index contributed by atoms with van der Waals surface area (Å²) in [5.41, 5.74) is 1.84. The van der Waals surface area contributed by atoms with Crippen molar-refractivity contribution in [1.29, 1.82) is 0 Å². The number of aromatic amines is 1. The highest BCUT2D eigenvalue weighted by Crippen LogP contribution is 2.12. The monoisotopic (exact) mass is 284 g/mol. The Kier molecular flexibility index (Phi) is 3.39. The van der Waals surface area contributed by atoms with E-state index in [9.17, 15) is 4.79 Å². The minimum atomic E-state index is -0.0133. The molecule has 0 spiro atoms. The van der Waals surface area contributed by atoms with Crippen LogP contribution in [-0.2, 0) is 17.9 Å². The van der Waals surface area contributed by atoms with Gasteiger partial charge in [-0.05, 0) is 19.1 Å². The number of amides is 1. The molecule has 0 radical (unpaired) electrons. The normalized spacial score (nSPS) is 11.0. The van der Waals surface area contributed by atoms with Crippen molar-refractivity contribution < 1.29 is 4.79 Å². The first-order valence-electron chi connectivity index (χ1n) is 6.65. The number of nitrogens with one attached hydrogen (secondary N) is 1. The van der Waals surface area contributed by atoms with Gasteiger partial charge in [-0.25, -0.2) is 9.97 Å². The number of imidazole rings is 1. The zero-order valence-electron chi connectivity index (χ0n) is 11.9. The maximum atomic E-state index is 12.3. The summed E-state index contributed by atoms with van der Waals surface area (Å²) < 4.78 is 1.84. The summed E-state index contributed by atoms with van der Waals surface area (Å²) in [5, 5.41) is 6.80. The number of carbonyl (C=O) groups excluding carboxylic acids is 1. The summed E-state index contributed by atoms with van der Waals surface area (Å²) in [5.74, 6) is 1.34. The van der Waals surface area contributed by atoms with Gasteiger partial charge in [0.1, 0.15) is 12.4 Å². The molecule has 0 atom stereocenters. The Morgan fingerprint density at radius 3 is 2.95 bits per heavy atom. The van der Waals surface area contributed by atoms with Gasteiger partial charge in [0, 0.05) is 7.05 Å². The number of hydrogen-bond donors (Lipinski definition) is 1. The summed E-state index contributed by atoms with van der Waals surface area (Å²) in [6.45, 7) is 2.46. The molecule has 21 heavy (non-hydrogen) atoms. The lowest BCUT2D eigenvalue weighted by Crippen LogP contribution is -2.30. The van der Waals surface area contributed by atoms with E-state index in [2.05, 4.69) is 20.2 Å². The van der Waals surface area contributed by atoms with Gasteiger partial charge >= 0.3 is 0 Å². The van der Waals surface area contributed by atoms with Crippen LogP contribution >= 0.6 is 0 Å². The molecule has 0 saturated heterocycles. The van der Waals surface area contributed by atoms with Gasteiger partial charge in [-0.3, -0.25) is 9.89 Å². The van der Waals surface area contributed by atoms with E-state index in [1.807, 2.05) is 35.8 Å². The highest BCUT2D eigenvalue weighted by Gasteiger charge is 2.13. The molecule has 2 aromatic heterocycles. The third kappa shape index (κ3) is 2.76. The summed E-state index contributed by atoms with van der Waals surface area (Å²) >= 11 is 0. The van der Waals surface area contributed by atoms with Crippen LogP contribution < -0.4 is 0 Å². The van der Waals surface area contributed by atoms with Crippen molar-refractivity contribution in [3.63, 3.8) is 0 Å². The Morgan fingerprint density at radius 1 is 1.38 bits per heavy atom. The number of likely N-dealkylation sites (N-methyl/N-ethyl adjacent to an activating group) is 1. The molecular formula is C14H16N6O. The molecule has 1 N–H and O–H groups in total. The number of aromatic nitrogens is 5. The zero-order chi connectivity index (χ0) is 14.8. The van der Waals surface area contributed by atoms with Crippen molar-refractivity contribution >= 4 is 16.9 Å². The lowest BCUT2D eigenvalue weighted by molar-refractivity contribution is -0.131. The first kappa shape index (κ1) is 13.3. The van der Waals surface area contributed by atoms with E-state index in [4.69, 9.17) is 0 Å². The van der Waals surface area contributed by atoms with E-state index in [0.717, 1.165) is 16.9 Å². The Hall–Kier alpha value is -2.70. The van der Waals surface area contributed by atoms with Gasteiger partial charge in [0.2, 0.25) is 5.91 Å². The summed E-state index contributed by atoms with van der Waals surface area (Å²) in [4.78, 5) is 22.4. The fraction of sp³-hybridized carbons (Fsp3) is 0.286. The average molecular weight is 284 g/mol. The molecule has 7 heteroatoms. The highest BCUT2D eigenvalue weighted by molar-refractivity contribution is 5.80. The van der Waals surface area contributed by atoms with E-state index in [0.29, 0.717) is 12.4 Å². The van der Waals surface area contributed by atoms with E-state index in [1.165, 1.54) is 0 Å². The minimum absolute atomic E-state index is 0.0133. The van der Waals surface area contributed by atoms with Crippen LogP contribution in [0.2, 0.25) is 0 Å². The number of para-hydroxylation sites is 2. The summed E-state index contributed by atoms with van der Waals surface area (Å²) in [6.07, 6.45) is 1.69. The third-order valence-electron chi connectivity index (χ3n) is 3.28. The molecule has 1 aromatic carbocycles. The van der Waals surface area contributed by atoms with Crippen molar-refractivity contribution in [3.05, 3.63) is 42.2 Å². The molecule has 1 amide bonds. The number of hydrogen-bond acceptors (Lipinski definition) is 4. The van der Waals surface area contributed by atoms with Gasteiger partial charge in [0.15, 0.2) is 5.82 Å². The molecule has 0 bridgehead atoms. The first-order valence-corrected chi connectivity index (χ1v) is 6.65. The standard InChI is InChI=1S/C14H16N6O/c1-10-16-13(18-17-10)7-19(2)14(21)8-20-9-15-11-5-3-4-6-12(11)20/h3-6,9H,7-8H2,1-2H3,(H,16,17,18). The highest BCUT2D eigenvalue weighted by atomic mass is 16.2. The molecule has 0 aliphatic rings. The molecular weight excluding hydrogens is 268 g/mol. The second-order valence-electron chi connectivity index (χ2n) is 4.95. The number of benzene rings is 1. The van der Waals surface area contributed by atoms with Gasteiger partial charge in [-0.15, -0.1) is 0 Å². The number of nitrogens with zero attached hydrogens (tertiary/aromatic N) is 5. The average Bonchev–Trinajstić information content (AvgIpc) is 3.06. The molecule has 0 fully saturated rings. The fourth-order valence-corrected chi connectivity index (χ4v) is 2.16. The Bertz CT molecular complexity index is 774. The predicted molar refractivity (Wildman–Crippen MR) is 77.3 cm³/mol. The van der Waals surface area contributed by atoms with E-state index >= 15 is 0 Å². The fourth-order valence-electron chi connectivity index (χ4n) is 2.16. The van der Waals surface area contributed by atoms with Gasteiger partial charge in [-0.1, -0.05) is 12.1 Å². The number of carbonyl (C=O) groups is 1. The van der Waals surface area contributed by atoms with Gasteiger partial charge < -0.3 is 9.47 Å². The second kappa shape index (κ2) is 5.35.